The maximum atomic E-state index is 13.6. The SMILES string of the molecule is COC(=O)[C@@H](C)OC(O)C1=C(C)N(c2cccc(C(F)(F)F)c2)C(=N)C(C(=O)N(C)C)C1c1ccc(C#N)cc1. The van der Waals surface area contributed by atoms with E-state index in [4.69, 9.17) is 10.1 Å². The molecule has 212 valence electrons. The number of rotatable bonds is 7. The van der Waals surface area contributed by atoms with Gasteiger partial charge in [-0.05, 0) is 49.7 Å². The molecule has 0 aliphatic carbocycles. The van der Waals surface area contributed by atoms with Crippen molar-refractivity contribution in [3.8, 4) is 6.07 Å². The van der Waals surface area contributed by atoms with Gasteiger partial charge in [-0.2, -0.15) is 18.4 Å². The van der Waals surface area contributed by atoms with Gasteiger partial charge in [-0.15, -0.1) is 0 Å². The fourth-order valence-corrected chi connectivity index (χ4v) is 4.66. The zero-order chi connectivity index (χ0) is 29.9. The van der Waals surface area contributed by atoms with Crippen LogP contribution in [0.15, 0.2) is 59.8 Å². The summed E-state index contributed by atoms with van der Waals surface area (Å²) in [5.74, 6) is -4.03. The van der Waals surface area contributed by atoms with E-state index < -0.39 is 47.8 Å². The van der Waals surface area contributed by atoms with Crippen LogP contribution in [0.1, 0.15) is 36.5 Å². The third-order valence-electron chi connectivity index (χ3n) is 6.63. The van der Waals surface area contributed by atoms with Gasteiger partial charge in [-0.1, -0.05) is 18.2 Å². The normalized spacial score (nSPS) is 19.1. The lowest BCUT2D eigenvalue weighted by Gasteiger charge is -2.44. The first kappa shape index (κ1) is 30.3. The third-order valence-corrected chi connectivity index (χ3v) is 6.63. The maximum absolute atomic E-state index is 13.6. The predicted molar refractivity (Wildman–Crippen MR) is 139 cm³/mol. The van der Waals surface area contributed by atoms with Crippen molar-refractivity contribution in [1.82, 2.24) is 4.90 Å². The summed E-state index contributed by atoms with van der Waals surface area (Å²) in [7, 11) is 4.08. The quantitative estimate of drug-likeness (QED) is 0.388. The van der Waals surface area contributed by atoms with Crippen LogP contribution >= 0.6 is 0 Å². The molecule has 0 spiro atoms. The summed E-state index contributed by atoms with van der Waals surface area (Å²) in [6, 6.07) is 12.4. The van der Waals surface area contributed by atoms with Gasteiger partial charge in [-0.3, -0.25) is 10.2 Å². The number of nitrogens with zero attached hydrogens (tertiary/aromatic N) is 3. The van der Waals surface area contributed by atoms with Crippen LogP contribution in [0.2, 0.25) is 0 Å². The van der Waals surface area contributed by atoms with Crippen molar-refractivity contribution in [2.45, 2.75) is 38.3 Å². The number of nitrogens with one attached hydrogen (secondary N) is 1. The van der Waals surface area contributed by atoms with Gasteiger partial charge in [0.2, 0.25) is 5.91 Å². The topological polar surface area (TPSA) is 127 Å². The van der Waals surface area contributed by atoms with E-state index in [0.29, 0.717) is 11.1 Å². The molecule has 9 nitrogen and oxygen atoms in total. The van der Waals surface area contributed by atoms with Crippen molar-refractivity contribution < 1.29 is 37.3 Å². The number of ether oxygens (including phenoxy) is 2. The minimum absolute atomic E-state index is 0.0501. The Kier molecular flexibility index (Phi) is 9.02. The molecule has 40 heavy (non-hydrogen) atoms. The summed E-state index contributed by atoms with van der Waals surface area (Å²) < 4.78 is 51.0. The number of methoxy groups -OCH3 is 1. The number of allylic oxidation sites excluding steroid dienone is 1. The number of aliphatic hydroxyl groups excluding tert-OH is 1. The second-order valence-electron chi connectivity index (χ2n) is 9.39. The summed E-state index contributed by atoms with van der Waals surface area (Å²) in [6.45, 7) is 2.83. The van der Waals surface area contributed by atoms with Crippen molar-refractivity contribution in [3.05, 3.63) is 76.5 Å². The zero-order valence-corrected chi connectivity index (χ0v) is 22.5. The smallest absolute Gasteiger partial charge is 0.416 e. The van der Waals surface area contributed by atoms with Crippen LogP contribution < -0.4 is 4.90 Å². The number of hydrogen-bond acceptors (Lipinski definition) is 7. The molecule has 1 amide bonds. The summed E-state index contributed by atoms with van der Waals surface area (Å²) >= 11 is 0. The number of amidine groups is 1. The minimum atomic E-state index is -4.67. The number of amides is 1. The molecule has 12 heteroatoms. The molecule has 0 aromatic heterocycles. The molecule has 0 radical (unpaired) electrons. The highest BCUT2D eigenvalue weighted by molar-refractivity contribution is 6.13. The fourth-order valence-electron chi connectivity index (χ4n) is 4.66. The van der Waals surface area contributed by atoms with E-state index in [2.05, 4.69) is 4.74 Å². The van der Waals surface area contributed by atoms with Gasteiger partial charge in [-0.25, -0.2) is 4.79 Å². The van der Waals surface area contributed by atoms with Crippen LogP contribution in [0.5, 0.6) is 0 Å². The molecule has 0 saturated carbocycles. The Morgan fingerprint density at radius 1 is 1.18 bits per heavy atom. The van der Waals surface area contributed by atoms with Gasteiger partial charge in [0.25, 0.3) is 0 Å². The van der Waals surface area contributed by atoms with E-state index in [0.717, 1.165) is 24.1 Å². The van der Waals surface area contributed by atoms with Gasteiger partial charge in [0.1, 0.15) is 11.8 Å². The predicted octanol–water partition coefficient (Wildman–Crippen LogP) is 4.03. The molecular formula is C28H29F3N4O5. The van der Waals surface area contributed by atoms with Crippen molar-refractivity contribution in [2.24, 2.45) is 5.92 Å². The van der Waals surface area contributed by atoms with Crippen molar-refractivity contribution in [1.29, 1.82) is 10.7 Å². The van der Waals surface area contributed by atoms with E-state index in [1.165, 1.54) is 57.1 Å². The van der Waals surface area contributed by atoms with E-state index in [1.807, 2.05) is 6.07 Å². The summed E-state index contributed by atoms with van der Waals surface area (Å²) in [5, 5.41) is 29.6. The van der Waals surface area contributed by atoms with Gasteiger partial charge in [0.15, 0.2) is 12.4 Å². The molecule has 2 aromatic carbocycles. The first-order valence-electron chi connectivity index (χ1n) is 12.1. The number of nitriles is 1. The Labute approximate surface area is 229 Å². The van der Waals surface area contributed by atoms with E-state index >= 15 is 0 Å². The van der Waals surface area contributed by atoms with E-state index in [9.17, 15) is 33.1 Å². The number of carbonyl (C=O) groups excluding carboxylic acids is 2. The van der Waals surface area contributed by atoms with Crippen LogP contribution in [-0.2, 0) is 25.2 Å². The third kappa shape index (κ3) is 6.00. The van der Waals surface area contributed by atoms with Gasteiger partial charge >= 0.3 is 12.1 Å². The lowest BCUT2D eigenvalue weighted by atomic mass is 9.74. The summed E-state index contributed by atoms with van der Waals surface area (Å²) in [6.07, 6.45) is -7.74. The Morgan fingerprint density at radius 3 is 2.33 bits per heavy atom. The maximum Gasteiger partial charge on any atom is 0.416 e. The lowest BCUT2D eigenvalue weighted by molar-refractivity contribution is -0.169. The van der Waals surface area contributed by atoms with Crippen molar-refractivity contribution in [3.63, 3.8) is 0 Å². The number of anilines is 1. The highest BCUT2D eigenvalue weighted by atomic mass is 19.4. The number of hydrogen-bond donors (Lipinski definition) is 2. The second kappa shape index (κ2) is 11.9. The zero-order valence-electron chi connectivity index (χ0n) is 22.5. The van der Waals surface area contributed by atoms with E-state index in [1.54, 1.807) is 12.1 Å². The summed E-state index contributed by atoms with van der Waals surface area (Å²) in [4.78, 5) is 28.0. The molecule has 3 unspecified atom stereocenters. The van der Waals surface area contributed by atoms with Gasteiger partial charge in [0.05, 0.1) is 24.3 Å². The Hall–Kier alpha value is -4.21. The van der Waals surface area contributed by atoms with E-state index in [-0.39, 0.29) is 22.8 Å². The molecular weight excluding hydrogens is 529 g/mol. The molecule has 2 aromatic rings. The van der Waals surface area contributed by atoms with Gasteiger partial charge in [0, 0.05) is 37.0 Å². The number of carbonyl (C=O) groups is 2. The van der Waals surface area contributed by atoms with Crippen LogP contribution in [0.25, 0.3) is 0 Å². The number of esters is 1. The van der Waals surface area contributed by atoms with Gasteiger partial charge < -0.3 is 24.4 Å². The molecule has 2 N–H and O–H groups in total. The average molecular weight is 559 g/mol. The Bertz CT molecular complexity index is 1370. The lowest BCUT2D eigenvalue weighted by Crippen LogP contribution is -2.51. The second-order valence-corrected chi connectivity index (χ2v) is 9.39. The van der Waals surface area contributed by atoms with Crippen LogP contribution in [0.3, 0.4) is 0 Å². The molecule has 3 rings (SSSR count). The monoisotopic (exact) mass is 558 g/mol. The number of alkyl halides is 3. The Balaban J connectivity index is 2.32. The number of benzene rings is 2. The highest BCUT2D eigenvalue weighted by Gasteiger charge is 2.47. The first-order valence-corrected chi connectivity index (χ1v) is 12.1. The molecule has 1 heterocycles. The van der Waals surface area contributed by atoms with Crippen molar-refractivity contribution >= 4 is 23.4 Å². The first-order chi connectivity index (χ1) is 18.7. The molecule has 0 bridgehead atoms. The van der Waals surface area contributed by atoms with Crippen LogP contribution in [-0.4, -0.2) is 61.3 Å². The number of halogens is 3. The highest BCUT2D eigenvalue weighted by Crippen LogP contribution is 2.45. The minimum Gasteiger partial charge on any atom is -0.467 e. The molecule has 1 aliphatic rings. The largest absolute Gasteiger partial charge is 0.467 e. The standard InChI is InChI=1S/C28H29F3N4O5/c1-15-21(27(38)40-16(2)26(37)39-5)22(18-11-9-17(14-32)10-12-18)23(25(36)34(3)4)24(33)35(15)20-8-6-7-19(13-20)28(29,30)31/h6-13,16,22-23,27,33,38H,1-5H3/t16-,22?,23?,27?/m1/s1. The average Bonchev–Trinajstić information content (AvgIpc) is 2.91. The van der Waals surface area contributed by atoms with Crippen molar-refractivity contribution in [2.75, 3.05) is 26.1 Å². The summed E-state index contributed by atoms with van der Waals surface area (Å²) in [5.41, 5.74) is -0.0737. The molecule has 4 atom stereocenters. The molecule has 1 aliphatic heterocycles. The fraction of sp³-hybridized carbons (Fsp3) is 0.357. The number of aliphatic hydroxyl groups is 1. The Morgan fingerprint density at radius 2 is 1.80 bits per heavy atom. The molecule has 0 saturated heterocycles. The van der Waals surface area contributed by atoms with Crippen LogP contribution in [0.4, 0.5) is 18.9 Å². The van der Waals surface area contributed by atoms with Crippen LogP contribution in [0, 0.1) is 22.7 Å². The molecule has 0 fully saturated rings.